The van der Waals surface area contributed by atoms with Crippen molar-refractivity contribution < 1.29 is 9.59 Å². The molecule has 3 nitrogen and oxygen atoms in total. The Bertz CT molecular complexity index is 422. The number of ketones is 1. The second-order valence-electron chi connectivity index (χ2n) is 7.14. The molecule has 1 amide bonds. The zero-order valence-electron chi connectivity index (χ0n) is 11.7. The van der Waals surface area contributed by atoms with Gasteiger partial charge in [0.1, 0.15) is 5.78 Å². The number of fused-ring (bicyclic) bond motifs is 2. The molecule has 2 bridgehead atoms. The molecule has 3 fully saturated rings. The van der Waals surface area contributed by atoms with E-state index >= 15 is 0 Å². The Morgan fingerprint density at radius 2 is 1.72 bits per heavy atom. The molecule has 2 atom stereocenters. The zero-order chi connectivity index (χ0) is 13.2. The third-order valence-corrected chi connectivity index (χ3v) is 6.51. The SMILES string of the molecule is CC12CCC(C(=O)N3CCCC3)(CC1=O)C2(C)C. The van der Waals surface area contributed by atoms with E-state index in [1.54, 1.807) is 0 Å². The highest BCUT2D eigenvalue weighted by Gasteiger charge is 2.72. The van der Waals surface area contributed by atoms with Gasteiger partial charge in [-0.3, -0.25) is 9.59 Å². The maximum Gasteiger partial charge on any atom is 0.229 e. The predicted molar refractivity (Wildman–Crippen MR) is 69.0 cm³/mol. The summed E-state index contributed by atoms with van der Waals surface area (Å²) in [5, 5.41) is 0. The Morgan fingerprint density at radius 3 is 2.17 bits per heavy atom. The molecule has 3 rings (SSSR count). The van der Waals surface area contributed by atoms with E-state index in [1.165, 1.54) is 0 Å². The molecule has 1 aliphatic heterocycles. The van der Waals surface area contributed by atoms with Crippen molar-refractivity contribution in [2.24, 2.45) is 16.2 Å². The number of likely N-dealkylation sites (tertiary alicyclic amines) is 1. The molecule has 0 aromatic rings. The van der Waals surface area contributed by atoms with Crippen LogP contribution in [0.25, 0.3) is 0 Å². The number of hydrogen-bond donors (Lipinski definition) is 0. The lowest BCUT2D eigenvalue weighted by Gasteiger charge is -2.40. The number of amides is 1. The summed E-state index contributed by atoms with van der Waals surface area (Å²) in [6.07, 6.45) is 4.50. The van der Waals surface area contributed by atoms with Gasteiger partial charge in [-0.25, -0.2) is 0 Å². The number of nitrogens with zero attached hydrogens (tertiary/aromatic N) is 1. The van der Waals surface area contributed by atoms with Crippen molar-refractivity contribution in [2.45, 2.75) is 52.9 Å². The minimum atomic E-state index is -0.400. The molecule has 0 aromatic carbocycles. The van der Waals surface area contributed by atoms with Crippen LogP contribution < -0.4 is 0 Å². The molecule has 0 N–H and O–H groups in total. The lowest BCUT2D eigenvalue weighted by Crippen LogP contribution is -2.47. The molecule has 0 radical (unpaired) electrons. The van der Waals surface area contributed by atoms with E-state index in [1.807, 2.05) is 4.90 Å². The maximum absolute atomic E-state index is 12.9. The molecule has 3 aliphatic rings. The van der Waals surface area contributed by atoms with Gasteiger partial charge in [-0.15, -0.1) is 0 Å². The van der Waals surface area contributed by atoms with Crippen LogP contribution in [0.3, 0.4) is 0 Å². The van der Waals surface area contributed by atoms with Crippen LogP contribution in [0.4, 0.5) is 0 Å². The highest BCUT2D eigenvalue weighted by molar-refractivity contribution is 5.99. The largest absolute Gasteiger partial charge is 0.342 e. The minimum absolute atomic E-state index is 0.184. The van der Waals surface area contributed by atoms with Gasteiger partial charge in [-0.1, -0.05) is 20.8 Å². The molecule has 2 saturated carbocycles. The first kappa shape index (κ1) is 12.2. The highest BCUT2D eigenvalue weighted by atomic mass is 16.2. The van der Waals surface area contributed by atoms with Gasteiger partial charge in [-0.05, 0) is 31.1 Å². The Balaban J connectivity index is 2.00. The fourth-order valence-corrected chi connectivity index (χ4v) is 4.56. The van der Waals surface area contributed by atoms with Crippen LogP contribution in [-0.2, 0) is 9.59 Å². The maximum atomic E-state index is 12.9. The van der Waals surface area contributed by atoms with Gasteiger partial charge >= 0.3 is 0 Å². The summed E-state index contributed by atoms with van der Waals surface area (Å²) in [4.78, 5) is 27.2. The van der Waals surface area contributed by atoms with Crippen molar-refractivity contribution in [2.75, 3.05) is 13.1 Å². The van der Waals surface area contributed by atoms with Crippen LogP contribution in [0, 0.1) is 16.2 Å². The first-order valence-corrected chi connectivity index (χ1v) is 7.18. The van der Waals surface area contributed by atoms with Gasteiger partial charge in [0, 0.05) is 24.9 Å². The molecule has 3 heteroatoms. The lowest BCUT2D eigenvalue weighted by atomic mass is 9.64. The first-order chi connectivity index (χ1) is 8.35. The standard InChI is InChI=1S/C15H23NO2/c1-13(2)14(3)6-7-15(13,10-11(14)17)12(18)16-8-4-5-9-16/h4-10H2,1-3H3. The van der Waals surface area contributed by atoms with Crippen molar-refractivity contribution in [3.05, 3.63) is 0 Å². The monoisotopic (exact) mass is 249 g/mol. The summed E-state index contributed by atoms with van der Waals surface area (Å²) >= 11 is 0. The van der Waals surface area contributed by atoms with E-state index in [-0.39, 0.29) is 16.7 Å². The Morgan fingerprint density at radius 1 is 1.11 bits per heavy atom. The van der Waals surface area contributed by atoms with Crippen molar-refractivity contribution in [1.82, 2.24) is 4.90 Å². The molecule has 0 aromatic heterocycles. The normalized spacial score (nSPS) is 41.7. The first-order valence-electron chi connectivity index (χ1n) is 7.18. The third kappa shape index (κ3) is 1.11. The molecule has 100 valence electrons. The average molecular weight is 249 g/mol. The van der Waals surface area contributed by atoms with Gasteiger partial charge in [0.25, 0.3) is 0 Å². The molecular formula is C15H23NO2. The van der Waals surface area contributed by atoms with E-state index in [9.17, 15) is 9.59 Å². The zero-order valence-corrected chi connectivity index (χ0v) is 11.7. The van der Waals surface area contributed by atoms with Crippen LogP contribution >= 0.6 is 0 Å². The van der Waals surface area contributed by atoms with E-state index in [4.69, 9.17) is 0 Å². The van der Waals surface area contributed by atoms with Crippen LogP contribution in [0.15, 0.2) is 0 Å². The number of carbonyl (C=O) groups excluding carboxylic acids is 2. The second-order valence-corrected chi connectivity index (χ2v) is 7.14. The average Bonchev–Trinajstić information content (AvgIpc) is 2.93. The van der Waals surface area contributed by atoms with Crippen molar-refractivity contribution in [1.29, 1.82) is 0 Å². The number of Topliss-reactive ketones (excluding diaryl/α,β-unsaturated/α-hetero) is 1. The van der Waals surface area contributed by atoms with Gasteiger partial charge in [-0.2, -0.15) is 0 Å². The number of rotatable bonds is 1. The number of carbonyl (C=O) groups is 2. The fourth-order valence-electron chi connectivity index (χ4n) is 4.56. The molecule has 2 aliphatic carbocycles. The topological polar surface area (TPSA) is 37.4 Å². The Hall–Kier alpha value is -0.860. The van der Waals surface area contributed by atoms with E-state index in [0.29, 0.717) is 12.2 Å². The third-order valence-electron chi connectivity index (χ3n) is 6.51. The molecular weight excluding hydrogens is 226 g/mol. The quantitative estimate of drug-likeness (QED) is 0.715. The Labute approximate surface area is 109 Å². The van der Waals surface area contributed by atoms with Crippen LogP contribution in [0.2, 0.25) is 0 Å². The molecule has 0 spiro atoms. The molecule has 1 heterocycles. The van der Waals surface area contributed by atoms with Crippen LogP contribution in [-0.4, -0.2) is 29.7 Å². The molecule has 1 saturated heterocycles. The van der Waals surface area contributed by atoms with Gasteiger partial charge in [0.2, 0.25) is 5.91 Å². The smallest absolute Gasteiger partial charge is 0.229 e. The van der Waals surface area contributed by atoms with E-state index in [0.717, 1.165) is 38.8 Å². The summed E-state index contributed by atoms with van der Waals surface area (Å²) in [6.45, 7) is 8.13. The summed E-state index contributed by atoms with van der Waals surface area (Å²) in [7, 11) is 0. The summed E-state index contributed by atoms with van der Waals surface area (Å²) in [5.74, 6) is 0.575. The summed E-state index contributed by atoms with van der Waals surface area (Å²) < 4.78 is 0. The van der Waals surface area contributed by atoms with Crippen LogP contribution in [0.1, 0.15) is 52.9 Å². The van der Waals surface area contributed by atoms with Crippen LogP contribution in [0.5, 0.6) is 0 Å². The fraction of sp³-hybridized carbons (Fsp3) is 0.867. The minimum Gasteiger partial charge on any atom is -0.342 e. The molecule has 18 heavy (non-hydrogen) atoms. The van der Waals surface area contributed by atoms with Gasteiger partial charge in [0.15, 0.2) is 0 Å². The second kappa shape index (κ2) is 3.37. The van der Waals surface area contributed by atoms with Crippen molar-refractivity contribution >= 4 is 11.7 Å². The lowest BCUT2D eigenvalue weighted by molar-refractivity contribution is -0.146. The van der Waals surface area contributed by atoms with E-state index < -0.39 is 5.41 Å². The van der Waals surface area contributed by atoms with E-state index in [2.05, 4.69) is 20.8 Å². The van der Waals surface area contributed by atoms with Crippen molar-refractivity contribution in [3.63, 3.8) is 0 Å². The predicted octanol–water partition coefficient (Wildman–Crippen LogP) is 2.39. The summed E-state index contributed by atoms with van der Waals surface area (Å²) in [6, 6.07) is 0. The Kier molecular flexibility index (Phi) is 2.28. The van der Waals surface area contributed by atoms with Crippen molar-refractivity contribution in [3.8, 4) is 0 Å². The van der Waals surface area contributed by atoms with Gasteiger partial charge in [0.05, 0.1) is 5.41 Å². The highest BCUT2D eigenvalue weighted by Crippen LogP contribution is 2.71. The summed E-state index contributed by atoms with van der Waals surface area (Å²) in [5.41, 5.74) is -0.859. The number of hydrogen-bond acceptors (Lipinski definition) is 2. The molecule has 2 unspecified atom stereocenters. The van der Waals surface area contributed by atoms with Gasteiger partial charge < -0.3 is 4.90 Å².